The van der Waals surface area contributed by atoms with Crippen LogP contribution in [-0.2, 0) is 17.7 Å². The third kappa shape index (κ3) is 3.05. The van der Waals surface area contributed by atoms with Gasteiger partial charge in [0.2, 0.25) is 5.78 Å². The number of ether oxygens (including phenoxy) is 1. The number of aryl methyl sites for hydroxylation is 1. The maximum atomic E-state index is 12.5. The molecule has 6 heteroatoms. The average Bonchev–Trinajstić information content (AvgIpc) is 3.02. The van der Waals surface area contributed by atoms with E-state index in [2.05, 4.69) is 12.0 Å². The molecular formula is C13H15ClN2O2S. The lowest BCUT2D eigenvalue weighted by atomic mass is 10.2. The van der Waals surface area contributed by atoms with E-state index in [9.17, 15) is 4.79 Å². The minimum absolute atomic E-state index is 0.0803. The zero-order valence-corrected chi connectivity index (χ0v) is 12.4. The van der Waals surface area contributed by atoms with Crippen molar-refractivity contribution in [1.29, 1.82) is 0 Å². The van der Waals surface area contributed by atoms with Crippen LogP contribution in [-0.4, -0.2) is 29.3 Å². The number of ketones is 1. The molecule has 2 rings (SSSR count). The molecule has 0 N–H and O–H groups in total. The summed E-state index contributed by atoms with van der Waals surface area (Å²) in [7, 11) is 1.61. The van der Waals surface area contributed by atoms with Crippen molar-refractivity contribution in [3.05, 3.63) is 38.8 Å². The first-order valence-electron chi connectivity index (χ1n) is 6.01. The lowest BCUT2D eigenvalue weighted by Gasteiger charge is -2.05. The average molecular weight is 299 g/mol. The van der Waals surface area contributed by atoms with Gasteiger partial charge in [-0.3, -0.25) is 9.48 Å². The second kappa shape index (κ2) is 6.32. The van der Waals surface area contributed by atoms with Crippen LogP contribution in [0.1, 0.15) is 27.2 Å². The van der Waals surface area contributed by atoms with Crippen LogP contribution in [0.2, 0.25) is 5.02 Å². The second-order valence-electron chi connectivity index (χ2n) is 4.01. The fourth-order valence-electron chi connectivity index (χ4n) is 1.74. The molecule has 2 aromatic rings. The number of methoxy groups -OCH3 is 1. The Morgan fingerprint density at radius 1 is 1.53 bits per heavy atom. The summed E-state index contributed by atoms with van der Waals surface area (Å²) < 4.78 is 6.60. The number of carbonyl (C=O) groups excluding carboxylic acids is 1. The Morgan fingerprint density at radius 3 is 2.95 bits per heavy atom. The first-order valence-corrected chi connectivity index (χ1v) is 7.20. The number of halogens is 1. The molecule has 19 heavy (non-hydrogen) atoms. The number of hydrogen-bond donors (Lipinski definition) is 0. The Bertz CT molecular complexity index is 577. The van der Waals surface area contributed by atoms with Crippen LogP contribution in [0.15, 0.2) is 18.3 Å². The predicted octanol–water partition coefficient (Wildman–Crippen LogP) is 3.04. The minimum atomic E-state index is -0.0803. The third-order valence-corrected chi connectivity index (χ3v) is 4.26. The van der Waals surface area contributed by atoms with Gasteiger partial charge in [0.15, 0.2) is 0 Å². The summed E-state index contributed by atoms with van der Waals surface area (Å²) >= 11 is 7.57. The Hall–Kier alpha value is -1.17. The van der Waals surface area contributed by atoms with E-state index in [1.54, 1.807) is 11.8 Å². The van der Waals surface area contributed by atoms with E-state index < -0.39 is 0 Å². The molecule has 0 radical (unpaired) electrons. The smallest absolute Gasteiger partial charge is 0.222 e. The van der Waals surface area contributed by atoms with Crippen molar-refractivity contribution in [2.75, 3.05) is 13.7 Å². The van der Waals surface area contributed by atoms with Gasteiger partial charge in [-0.1, -0.05) is 18.5 Å². The molecule has 0 bridgehead atoms. The summed E-state index contributed by atoms with van der Waals surface area (Å²) in [5.74, 6) is -0.0803. The second-order valence-corrected chi connectivity index (χ2v) is 5.58. The van der Waals surface area contributed by atoms with E-state index in [4.69, 9.17) is 16.3 Å². The monoisotopic (exact) mass is 298 g/mol. The Morgan fingerprint density at radius 2 is 2.32 bits per heavy atom. The number of nitrogens with zero attached hydrogens (tertiary/aromatic N) is 2. The van der Waals surface area contributed by atoms with E-state index in [0.29, 0.717) is 28.7 Å². The van der Waals surface area contributed by atoms with Gasteiger partial charge in [0.1, 0.15) is 5.69 Å². The molecule has 4 nitrogen and oxygen atoms in total. The highest BCUT2D eigenvalue weighted by molar-refractivity contribution is 7.14. The summed E-state index contributed by atoms with van der Waals surface area (Å²) in [6, 6.07) is 3.82. The van der Waals surface area contributed by atoms with Crippen LogP contribution >= 0.6 is 22.9 Å². The van der Waals surface area contributed by atoms with Gasteiger partial charge in [-0.15, -0.1) is 11.3 Å². The number of rotatable bonds is 6. The quantitative estimate of drug-likeness (QED) is 0.770. The molecule has 0 aromatic carbocycles. The summed E-state index contributed by atoms with van der Waals surface area (Å²) in [6.07, 6.45) is 2.42. The van der Waals surface area contributed by atoms with Crippen molar-refractivity contribution < 1.29 is 9.53 Å². The molecule has 102 valence electrons. The van der Waals surface area contributed by atoms with E-state index >= 15 is 0 Å². The standard InChI is InChI=1S/C13H15ClN2O2S/c1-3-9-4-5-11(19-9)13(17)12-10(14)8-15-16(12)6-7-18-2/h4-5,8H,3,6-7H2,1-2H3. The van der Waals surface area contributed by atoms with Crippen molar-refractivity contribution in [2.45, 2.75) is 19.9 Å². The van der Waals surface area contributed by atoms with Gasteiger partial charge in [0, 0.05) is 12.0 Å². The molecule has 0 saturated carbocycles. The Labute approximate surface area is 121 Å². The first-order chi connectivity index (χ1) is 9.17. The van der Waals surface area contributed by atoms with Gasteiger partial charge < -0.3 is 4.74 Å². The summed E-state index contributed by atoms with van der Waals surface area (Å²) in [4.78, 5) is 14.3. The SMILES string of the molecule is CCc1ccc(C(=O)c2c(Cl)cnn2CCOC)s1. The van der Waals surface area contributed by atoms with Gasteiger partial charge in [-0.05, 0) is 18.6 Å². The zero-order chi connectivity index (χ0) is 13.8. The van der Waals surface area contributed by atoms with E-state index in [1.807, 2.05) is 12.1 Å². The molecule has 0 saturated heterocycles. The summed E-state index contributed by atoms with van der Waals surface area (Å²) in [6.45, 7) is 3.06. The van der Waals surface area contributed by atoms with E-state index in [-0.39, 0.29) is 5.78 Å². The highest BCUT2D eigenvalue weighted by Gasteiger charge is 2.20. The molecule has 0 aliphatic rings. The first kappa shape index (κ1) is 14.2. The molecule has 2 heterocycles. The van der Waals surface area contributed by atoms with Gasteiger partial charge in [0.25, 0.3) is 0 Å². The molecule has 0 spiro atoms. The van der Waals surface area contributed by atoms with E-state index in [0.717, 1.165) is 6.42 Å². The lowest BCUT2D eigenvalue weighted by Crippen LogP contribution is -2.14. The van der Waals surface area contributed by atoms with Gasteiger partial charge in [0.05, 0.1) is 29.2 Å². The van der Waals surface area contributed by atoms with Gasteiger partial charge >= 0.3 is 0 Å². The number of hydrogen-bond acceptors (Lipinski definition) is 4. The Kier molecular flexibility index (Phi) is 4.74. The normalized spacial score (nSPS) is 10.9. The third-order valence-electron chi connectivity index (χ3n) is 2.75. The molecule has 0 atom stereocenters. The molecular weight excluding hydrogens is 284 g/mol. The highest BCUT2D eigenvalue weighted by Crippen LogP contribution is 2.24. The maximum Gasteiger partial charge on any atom is 0.222 e. The van der Waals surface area contributed by atoms with Crippen LogP contribution in [0.25, 0.3) is 0 Å². The highest BCUT2D eigenvalue weighted by atomic mass is 35.5. The number of thiophene rings is 1. The maximum absolute atomic E-state index is 12.5. The van der Waals surface area contributed by atoms with Crippen molar-refractivity contribution in [3.8, 4) is 0 Å². The molecule has 0 fully saturated rings. The largest absolute Gasteiger partial charge is 0.383 e. The molecule has 0 aliphatic carbocycles. The van der Waals surface area contributed by atoms with Crippen molar-refractivity contribution >= 4 is 28.7 Å². The van der Waals surface area contributed by atoms with Crippen molar-refractivity contribution in [3.63, 3.8) is 0 Å². The Balaban J connectivity index is 2.29. The van der Waals surface area contributed by atoms with Gasteiger partial charge in [-0.25, -0.2) is 0 Å². The van der Waals surface area contributed by atoms with Crippen LogP contribution in [0.4, 0.5) is 0 Å². The molecule has 2 aromatic heterocycles. The van der Waals surface area contributed by atoms with Gasteiger partial charge in [-0.2, -0.15) is 5.10 Å². The number of carbonyl (C=O) groups is 1. The topological polar surface area (TPSA) is 44.1 Å². The fraction of sp³-hybridized carbons (Fsp3) is 0.385. The van der Waals surface area contributed by atoms with Crippen molar-refractivity contribution in [1.82, 2.24) is 9.78 Å². The molecule has 0 aliphatic heterocycles. The number of aromatic nitrogens is 2. The fourth-order valence-corrected chi connectivity index (χ4v) is 2.86. The minimum Gasteiger partial charge on any atom is -0.383 e. The van der Waals surface area contributed by atoms with Crippen LogP contribution in [0.3, 0.4) is 0 Å². The molecule has 0 amide bonds. The van der Waals surface area contributed by atoms with Crippen molar-refractivity contribution in [2.24, 2.45) is 0 Å². The van der Waals surface area contributed by atoms with Crippen LogP contribution < -0.4 is 0 Å². The summed E-state index contributed by atoms with van der Waals surface area (Å²) in [5.41, 5.74) is 0.434. The lowest BCUT2D eigenvalue weighted by molar-refractivity contribution is 0.102. The van der Waals surface area contributed by atoms with Crippen LogP contribution in [0.5, 0.6) is 0 Å². The zero-order valence-electron chi connectivity index (χ0n) is 10.9. The van der Waals surface area contributed by atoms with Crippen LogP contribution in [0, 0.1) is 0 Å². The molecule has 0 unspecified atom stereocenters. The van der Waals surface area contributed by atoms with E-state index in [1.165, 1.54) is 22.4 Å². The summed E-state index contributed by atoms with van der Waals surface area (Å²) in [5, 5.41) is 4.50. The predicted molar refractivity (Wildman–Crippen MR) is 76.2 cm³/mol.